The van der Waals surface area contributed by atoms with E-state index in [1.165, 1.54) is 0 Å². The van der Waals surface area contributed by atoms with Crippen LogP contribution in [0.1, 0.15) is 16.3 Å². The highest BCUT2D eigenvalue weighted by Crippen LogP contribution is 2.15. The van der Waals surface area contributed by atoms with E-state index in [1.54, 1.807) is 35.1 Å². The second kappa shape index (κ2) is 10.2. The Morgan fingerprint density at radius 2 is 1.82 bits per heavy atom. The van der Waals surface area contributed by atoms with Gasteiger partial charge in [-0.2, -0.15) is 13.2 Å². The number of alkyl halides is 3. The minimum Gasteiger partial charge on any atom is -0.542 e. The zero-order chi connectivity index (χ0) is 24.9. The highest BCUT2D eigenvalue weighted by atomic mass is 32.2. The van der Waals surface area contributed by atoms with Gasteiger partial charge in [-0.1, -0.05) is 6.07 Å². The highest BCUT2D eigenvalue weighted by molar-refractivity contribution is 7.91. The number of aliphatic carboxylic acids is 1. The van der Waals surface area contributed by atoms with Crippen molar-refractivity contribution < 1.29 is 41.2 Å². The van der Waals surface area contributed by atoms with E-state index in [0.717, 1.165) is 16.1 Å². The second-order valence-corrected chi connectivity index (χ2v) is 9.70. The molecular formula is C20H20F3N5O5S. The van der Waals surface area contributed by atoms with Gasteiger partial charge < -0.3 is 20.1 Å². The quantitative estimate of drug-likeness (QED) is 0.474. The Morgan fingerprint density at radius 3 is 2.41 bits per heavy atom. The smallest absolute Gasteiger partial charge is 0.430 e. The van der Waals surface area contributed by atoms with Crippen molar-refractivity contribution >= 4 is 32.9 Å². The molecule has 34 heavy (non-hydrogen) atoms. The molecule has 0 radical (unpaired) electrons. The lowest BCUT2D eigenvalue weighted by molar-refractivity contribution is -0.910. The molecule has 0 saturated carbocycles. The molecule has 1 amide bonds. The number of carboxylic acids is 1. The van der Waals surface area contributed by atoms with E-state index in [-0.39, 0.29) is 17.4 Å². The Morgan fingerprint density at radius 1 is 1.15 bits per heavy atom. The average Bonchev–Trinajstić information content (AvgIpc) is 3.14. The van der Waals surface area contributed by atoms with E-state index in [9.17, 15) is 26.4 Å². The number of halogens is 3. The Hall–Kier alpha value is -3.52. The first-order valence-electron chi connectivity index (χ1n) is 9.96. The van der Waals surface area contributed by atoms with Crippen LogP contribution in [0.15, 0.2) is 48.9 Å². The standard InChI is InChI=1S/C18H19N5O3S.C2HF3O2/c24-18(20-14-4-3-6-19-12-14)17-21-15(16-5-1-2-7-23(16)17)13-22-8-10-27(25,26)11-9-22;3-2(4,5)1(6)7/h1-7,12H,8-11,13H2,(H,20,24);(H,6,7). The monoisotopic (exact) mass is 499 g/mol. The molecule has 4 heterocycles. The fourth-order valence-corrected chi connectivity index (χ4v) is 4.66. The molecule has 4 rings (SSSR count). The molecule has 3 aromatic rings. The number of quaternary nitrogens is 1. The minimum atomic E-state index is -5.19. The summed E-state index contributed by atoms with van der Waals surface area (Å²) in [6.45, 7) is 1.71. The van der Waals surface area contributed by atoms with Crippen LogP contribution in [0.4, 0.5) is 18.9 Å². The summed E-state index contributed by atoms with van der Waals surface area (Å²) in [4.78, 5) is 31.2. The van der Waals surface area contributed by atoms with Gasteiger partial charge in [-0.3, -0.25) is 14.2 Å². The lowest BCUT2D eigenvalue weighted by atomic mass is 10.3. The molecule has 10 nitrogen and oxygen atoms in total. The van der Waals surface area contributed by atoms with Gasteiger partial charge in [0, 0.05) is 12.4 Å². The number of nitrogens with zero attached hydrogens (tertiary/aromatic N) is 3. The van der Waals surface area contributed by atoms with Gasteiger partial charge in [0.1, 0.15) is 18.2 Å². The van der Waals surface area contributed by atoms with Gasteiger partial charge in [0.15, 0.2) is 9.84 Å². The van der Waals surface area contributed by atoms with Crippen LogP contribution < -0.4 is 15.3 Å². The van der Waals surface area contributed by atoms with Gasteiger partial charge in [-0.15, -0.1) is 0 Å². The average molecular weight is 499 g/mol. The number of hydrogen-bond acceptors (Lipinski definition) is 7. The van der Waals surface area contributed by atoms with E-state index in [2.05, 4.69) is 15.3 Å². The fraction of sp³-hybridized carbons (Fsp3) is 0.300. The second-order valence-electron chi connectivity index (χ2n) is 7.40. The van der Waals surface area contributed by atoms with Crippen LogP contribution in [0.5, 0.6) is 0 Å². The number of pyridine rings is 2. The molecule has 0 aliphatic carbocycles. The van der Waals surface area contributed by atoms with Crippen LogP contribution in [0.25, 0.3) is 5.52 Å². The summed E-state index contributed by atoms with van der Waals surface area (Å²) in [5.41, 5.74) is 2.25. The number of sulfone groups is 1. The van der Waals surface area contributed by atoms with E-state index in [4.69, 9.17) is 9.90 Å². The molecule has 0 aromatic carbocycles. The van der Waals surface area contributed by atoms with Crippen LogP contribution in [-0.4, -0.2) is 65.4 Å². The van der Waals surface area contributed by atoms with Gasteiger partial charge in [0.25, 0.3) is 5.91 Å². The molecule has 3 aromatic heterocycles. The molecule has 0 unspecified atom stereocenters. The first kappa shape index (κ1) is 25.1. The van der Waals surface area contributed by atoms with Crippen molar-refractivity contribution in [2.45, 2.75) is 12.7 Å². The van der Waals surface area contributed by atoms with E-state index in [1.807, 2.05) is 18.2 Å². The summed E-state index contributed by atoms with van der Waals surface area (Å²) in [5, 5.41) is 11.6. The van der Waals surface area contributed by atoms with E-state index < -0.39 is 22.0 Å². The molecule has 14 heteroatoms. The third kappa shape index (κ3) is 6.51. The van der Waals surface area contributed by atoms with Crippen LogP contribution in [-0.2, 0) is 21.2 Å². The van der Waals surface area contributed by atoms with Crippen LogP contribution >= 0.6 is 0 Å². The van der Waals surface area contributed by atoms with Crippen LogP contribution in [0.3, 0.4) is 0 Å². The number of carbonyl (C=O) groups is 2. The van der Waals surface area contributed by atoms with Crippen molar-refractivity contribution in [2.24, 2.45) is 0 Å². The van der Waals surface area contributed by atoms with Crippen LogP contribution in [0, 0.1) is 0 Å². The molecule has 0 atom stereocenters. The summed E-state index contributed by atoms with van der Waals surface area (Å²) in [7, 11) is -2.91. The van der Waals surface area contributed by atoms with E-state index in [0.29, 0.717) is 31.1 Å². The fourth-order valence-electron chi connectivity index (χ4n) is 3.26. The lowest BCUT2D eigenvalue weighted by Gasteiger charge is -2.22. The number of fused-ring (bicyclic) bond motifs is 1. The Kier molecular flexibility index (Phi) is 7.51. The summed E-state index contributed by atoms with van der Waals surface area (Å²) in [5.74, 6) is -2.63. The van der Waals surface area contributed by atoms with Crippen molar-refractivity contribution in [1.82, 2.24) is 14.4 Å². The number of carboxylic acid groups (broad SMARTS) is 1. The zero-order valence-corrected chi connectivity index (χ0v) is 18.4. The predicted molar refractivity (Wildman–Crippen MR) is 111 cm³/mol. The maximum absolute atomic E-state index is 12.7. The lowest BCUT2D eigenvalue weighted by Crippen LogP contribution is -3.13. The number of carbonyl (C=O) groups excluding carboxylic acids is 2. The number of anilines is 1. The maximum atomic E-state index is 12.7. The van der Waals surface area contributed by atoms with Crippen molar-refractivity contribution in [3.63, 3.8) is 0 Å². The summed E-state index contributed by atoms with van der Waals surface area (Å²) in [6.07, 6.45) is -0.173. The molecular weight excluding hydrogens is 479 g/mol. The SMILES string of the molecule is O=C(Nc1cccnc1)c1nc(C[NH+]2CCS(=O)(=O)CC2)c2ccccn12.O=C([O-])C(F)(F)F. The van der Waals surface area contributed by atoms with Gasteiger partial charge >= 0.3 is 6.18 Å². The zero-order valence-electron chi connectivity index (χ0n) is 17.6. The molecule has 0 bridgehead atoms. The Balaban J connectivity index is 0.000000406. The highest BCUT2D eigenvalue weighted by Gasteiger charge is 2.29. The normalized spacial score (nSPS) is 15.9. The third-order valence-corrected chi connectivity index (χ3v) is 6.58. The van der Waals surface area contributed by atoms with Crippen molar-refractivity contribution in [3.05, 3.63) is 60.4 Å². The molecule has 1 fully saturated rings. The number of imidazole rings is 1. The third-order valence-electron chi connectivity index (χ3n) is 4.93. The summed E-state index contributed by atoms with van der Waals surface area (Å²) < 4.78 is 56.6. The maximum Gasteiger partial charge on any atom is 0.430 e. The predicted octanol–water partition coefficient (Wildman–Crippen LogP) is -0.906. The number of aromatic nitrogens is 3. The van der Waals surface area contributed by atoms with Gasteiger partial charge in [0.2, 0.25) is 5.82 Å². The molecule has 1 saturated heterocycles. The number of hydrogen-bond donors (Lipinski definition) is 2. The molecule has 1 aliphatic heterocycles. The van der Waals surface area contributed by atoms with Crippen LogP contribution in [0.2, 0.25) is 0 Å². The number of amides is 1. The van der Waals surface area contributed by atoms with Gasteiger partial charge in [0.05, 0.1) is 42.0 Å². The molecule has 182 valence electrons. The molecule has 2 N–H and O–H groups in total. The largest absolute Gasteiger partial charge is 0.542 e. The van der Waals surface area contributed by atoms with Gasteiger partial charge in [-0.05, 0) is 24.3 Å². The Labute approximate surface area is 192 Å². The summed E-state index contributed by atoms with van der Waals surface area (Å²) >= 11 is 0. The van der Waals surface area contributed by atoms with Crippen molar-refractivity contribution in [2.75, 3.05) is 29.9 Å². The first-order chi connectivity index (χ1) is 16.0. The van der Waals surface area contributed by atoms with Crippen molar-refractivity contribution in [3.8, 4) is 0 Å². The number of nitrogens with one attached hydrogen (secondary N) is 2. The minimum absolute atomic E-state index is 0.197. The van der Waals surface area contributed by atoms with Crippen molar-refractivity contribution in [1.29, 1.82) is 0 Å². The van der Waals surface area contributed by atoms with E-state index >= 15 is 0 Å². The molecule has 1 aliphatic rings. The first-order valence-corrected chi connectivity index (χ1v) is 11.8. The topological polar surface area (TPSA) is 138 Å². The summed E-state index contributed by atoms with van der Waals surface area (Å²) in [6, 6.07) is 9.18. The Bertz CT molecular complexity index is 1260. The number of rotatable bonds is 4. The van der Waals surface area contributed by atoms with Gasteiger partial charge in [-0.25, -0.2) is 13.4 Å². The molecule has 0 spiro atoms.